The largest absolute Gasteiger partial charge is 0.465 e. The molecule has 4 nitrogen and oxygen atoms in total. The lowest BCUT2D eigenvalue weighted by Crippen LogP contribution is -2.27. The Hall–Kier alpha value is -1.78. The van der Waals surface area contributed by atoms with Crippen LogP contribution in [-0.4, -0.2) is 17.6 Å². The van der Waals surface area contributed by atoms with Crippen molar-refractivity contribution in [1.82, 2.24) is 4.57 Å². The SMILES string of the molecule is COC(=O)c1cc(Cl)cn(Cc2ccc(Cl)cc2)c1=O. The zero-order chi connectivity index (χ0) is 14.7. The maximum absolute atomic E-state index is 12.2. The summed E-state index contributed by atoms with van der Waals surface area (Å²) in [5, 5.41) is 0.904. The number of methoxy groups -OCH3 is 1. The molecule has 0 aliphatic heterocycles. The van der Waals surface area contributed by atoms with Crippen LogP contribution in [0.2, 0.25) is 10.0 Å². The highest BCUT2D eigenvalue weighted by atomic mass is 35.5. The van der Waals surface area contributed by atoms with Gasteiger partial charge in [-0.05, 0) is 23.8 Å². The molecule has 0 aliphatic carbocycles. The zero-order valence-electron chi connectivity index (χ0n) is 10.6. The minimum atomic E-state index is -0.706. The van der Waals surface area contributed by atoms with E-state index in [9.17, 15) is 9.59 Å². The highest BCUT2D eigenvalue weighted by Crippen LogP contribution is 2.12. The van der Waals surface area contributed by atoms with Crippen molar-refractivity contribution in [1.29, 1.82) is 0 Å². The van der Waals surface area contributed by atoms with Gasteiger partial charge in [0, 0.05) is 11.2 Å². The predicted molar refractivity (Wildman–Crippen MR) is 77.6 cm³/mol. The quantitative estimate of drug-likeness (QED) is 0.819. The molecule has 0 saturated heterocycles. The molecule has 1 aromatic heterocycles. The second-order valence-electron chi connectivity index (χ2n) is 4.12. The van der Waals surface area contributed by atoms with Crippen molar-refractivity contribution in [3.05, 3.63) is 68.1 Å². The Balaban J connectivity index is 2.42. The molecule has 0 saturated carbocycles. The van der Waals surface area contributed by atoms with E-state index in [-0.39, 0.29) is 5.56 Å². The number of benzene rings is 1. The van der Waals surface area contributed by atoms with Gasteiger partial charge < -0.3 is 9.30 Å². The summed E-state index contributed by atoms with van der Waals surface area (Å²) in [5.74, 6) is -0.706. The summed E-state index contributed by atoms with van der Waals surface area (Å²) in [6, 6.07) is 8.36. The third kappa shape index (κ3) is 3.21. The first-order valence-electron chi connectivity index (χ1n) is 5.74. The van der Waals surface area contributed by atoms with Gasteiger partial charge >= 0.3 is 5.97 Å². The van der Waals surface area contributed by atoms with Crippen LogP contribution < -0.4 is 5.56 Å². The van der Waals surface area contributed by atoms with Crippen molar-refractivity contribution in [2.45, 2.75) is 6.54 Å². The van der Waals surface area contributed by atoms with Gasteiger partial charge in [-0.2, -0.15) is 0 Å². The summed E-state index contributed by atoms with van der Waals surface area (Å²) < 4.78 is 5.92. The normalized spacial score (nSPS) is 10.3. The number of hydrogen-bond donors (Lipinski definition) is 0. The molecule has 0 bridgehead atoms. The van der Waals surface area contributed by atoms with Crippen molar-refractivity contribution < 1.29 is 9.53 Å². The summed E-state index contributed by atoms with van der Waals surface area (Å²) >= 11 is 11.7. The molecule has 104 valence electrons. The summed E-state index contributed by atoms with van der Waals surface area (Å²) in [6.45, 7) is 0.292. The minimum absolute atomic E-state index is 0.0889. The van der Waals surface area contributed by atoms with Crippen molar-refractivity contribution in [2.75, 3.05) is 7.11 Å². The summed E-state index contributed by atoms with van der Waals surface area (Å²) in [7, 11) is 1.21. The molecule has 0 N–H and O–H groups in total. The van der Waals surface area contributed by atoms with E-state index in [0.29, 0.717) is 16.6 Å². The third-order valence-electron chi connectivity index (χ3n) is 2.72. The van der Waals surface area contributed by atoms with Crippen LogP contribution in [0.1, 0.15) is 15.9 Å². The lowest BCUT2D eigenvalue weighted by Gasteiger charge is -2.08. The molecule has 0 unspecified atom stereocenters. The van der Waals surface area contributed by atoms with Crippen LogP contribution in [-0.2, 0) is 11.3 Å². The summed E-state index contributed by atoms with van der Waals surface area (Å²) in [4.78, 5) is 23.7. The van der Waals surface area contributed by atoms with E-state index in [1.165, 1.54) is 23.9 Å². The number of esters is 1. The lowest BCUT2D eigenvalue weighted by atomic mass is 10.2. The van der Waals surface area contributed by atoms with Crippen molar-refractivity contribution in [3.8, 4) is 0 Å². The molecule has 1 aromatic carbocycles. The Morgan fingerprint density at radius 2 is 1.85 bits per heavy atom. The second kappa shape index (κ2) is 6.11. The van der Waals surface area contributed by atoms with E-state index in [2.05, 4.69) is 4.74 Å². The maximum atomic E-state index is 12.2. The van der Waals surface area contributed by atoms with Gasteiger partial charge in [0.15, 0.2) is 0 Å². The first kappa shape index (κ1) is 14.6. The van der Waals surface area contributed by atoms with Crippen molar-refractivity contribution in [2.24, 2.45) is 0 Å². The minimum Gasteiger partial charge on any atom is -0.465 e. The fraction of sp³-hybridized carbons (Fsp3) is 0.143. The number of aromatic nitrogens is 1. The fourth-order valence-corrected chi connectivity index (χ4v) is 2.11. The first-order valence-corrected chi connectivity index (χ1v) is 6.49. The topological polar surface area (TPSA) is 48.3 Å². The van der Waals surface area contributed by atoms with E-state index < -0.39 is 11.5 Å². The highest BCUT2D eigenvalue weighted by Gasteiger charge is 2.14. The number of ether oxygens (including phenoxy) is 1. The van der Waals surface area contributed by atoms with Gasteiger partial charge in [0.1, 0.15) is 5.56 Å². The molecule has 0 spiro atoms. The summed E-state index contributed by atoms with van der Waals surface area (Å²) in [5.41, 5.74) is 0.333. The van der Waals surface area contributed by atoms with Gasteiger partial charge in [-0.15, -0.1) is 0 Å². The van der Waals surface area contributed by atoms with Crippen LogP contribution >= 0.6 is 23.2 Å². The molecule has 0 aliphatic rings. The smallest absolute Gasteiger partial charge is 0.343 e. The molecule has 2 rings (SSSR count). The van der Waals surface area contributed by atoms with E-state index in [1.807, 2.05) is 0 Å². The van der Waals surface area contributed by atoms with Gasteiger partial charge in [0.2, 0.25) is 0 Å². The number of hydrogen-bond acceptors (Lipinski definition) is 3. The highest BCUT2D eigenvalue weighted by molar-refractivity contribution is 6.31. The second-order valence-corrected chi connectivity index (χ2v) is 5.00. The molecule has 1 heterocycles. The average Bonchev–Trinajstić information content (AvgIpc) is 2.44. The number of pyridine rings is 1. The van der Waals surface area contributed by atoms with Crippen LogP contribution in [0, 0.1) is 0 Å². The standard InChI is InChI=1S/C14H11Cl2NO3/c1-20-14(19)12-6-11(16)8-17(13(12)18)7-9-2-4-10(15)5-3-9/h2-6,8H,7H2,1H3. The zero-order valence-corrected chi connectivity index (χ0v) is 12.1. The number of carbonyl (C=O) groups excluding carboxylic acids is 1. The van der Waals surface area contributed by atoms with Crippen molar-refractivity contribution >= 4 is 29.2 Å². The van der Waals surface area contributed by atoms with E-state index >= 15 is 0 Å². The fourth-order valence-electron chi connectivity index (χ4n) is 1.76. The Kier molecular flexibility index (Phi) is 4.47. The Morgan fingerprint density at radius 1 is 1.20 bits per heavy atom. The first-order chi connectivity index (χ1) is 9.51. The predicted octanol–water partition coefficient (Wildman–Crippen LogP) is 2.99. The molecular weight excluding hydrogens is 301 g/mol. The van der Waals surface area contributed by atoms with Gasteiger partial charge in [-0.3, -0.25) is 4.79 Å². The van der Waals surface area contributed by atoms with Crippen molar-refractivity contribution in [3.63, 3.8) is 0 Å². The van der Waals surface area contributed by atoms with E-state index in [4.69, 9.17) is 23.2 Å². The Labute approximate surface area is 125 Å². The van der Waals surface area contributed by atoms with E-state index in [1.54, 1.807) is 24.3 Å². The molecule has 20 heavy (non-hydrogen) atoms. The maximum Gasteiger partial charge on any atom is 0.343 e. The monoisotopic (exact) mass is 311 g/mol. The Morgan fingerprint density at radius 3 is 2.45 bits per heavy atom. The Bertz CT molecular complexity index is 693. The van der Waals surface area contributed by atoms with Crippen LogP contribution in [0.15, 0.2) is 41.3 Å². The lowest BCUT2D eigenvalue weighted by molar-refractivity contribution is 0.0598. The van der Waals surface area contributed by atoms with Crippen LogP contribution in [0.25, 0.3) is 0 Å². The molecule has 2 aromatic rings. The van der Waals surface area contributed by atoms with Crippen LogP contribution in [0.4, 0.5) is 0 Å². The van der Waals surface area contributed by atoms with E-state index in [0.717, 1.165) is 5.56 Å². The molecule has 0 fully saturated rings. The van der Waals surface area contributed by atoms with Crippen LogP contribution in [0.5, 0.6) is 0 Å². The number of rotatable bonds is 3. The molecule has 0 atom stereocenters. The van der Waals surface area contributed by atoms with Crippen LogP contribution in [0.3, 0.4) is 0 Å². The number of halogens is 2. The number of nitrogens with zero attached hydrogens (tertiary/aromatic N) is 1. The van der Waals surface area contributed by atoms with Gasteiger partial charge in [-0.25, -0.2) is 4.79 Å². The average molecular weight is 312 g/mol. The third-order valence-corrected chi connectivity index (χ3v) is 3.18. The summed E-state index contributed by atoms with van der Waals surface area (Å²) in [6.07, 6.45) is 1.48. The van der Waals surface area contributed by atoms with Gasteiger partial charge in [0.05, 0.1) is 18.7 Å². The molecular formula is C14H11Cl2NO3. The molecule has 6 heteroatoms. The molecule has 0 amide bonds. The van der Waals surface area contributed by atoms with Gasteiger partial charge in [0.25, 0.3) is 5.56 Å². The molecule has 0 radical (unpaired) electrons. The van der Waals surface area contributed by atoms with Gasteiger partial charge in [-0.1, -0.05) is 35.3 Å². The number of carbonyl (C=O) groups is 1.